The zero-order chi connectivity index (χ0) is 22.8. The van der Waals surface area contributed by atoms with Crippen molar-refractivity contribution in [2.45, 2.75) is 26.2 Å². The minimum absolute atomic E-state index is 0.157. The van der Waals surface area contributed by atoms with Gasteiger partial charge in [-0.3, -0.25) is 4.79 Å². The predicted octanol–water partition coefficient (Wildman–Crippen LogP) is 3.36. The summed E-state index contributed by atoms with van der Waals surface area (Å²) < 4.78 is 3.92. The topological polar surface area (TPSA) is 80.3 Å². The molecule has 2 aromatic heterocycles. The van der Waals surface area contributed by atoms with Crippen molar-refractivity contribution >= 4 is 29.0 Å². The van der Waals surface area contributed by atoms with Gasteiger partial charge in [-0.2, -0.15) is 10.2 Å². The van der Waals surface area contributed by atoms with Crippen molar-refractivity contribution in [2.75, 3.05) is 18.0 Å². The molecule has 0 atom stereocenters. The first-order valence-corrected chi connectivity index (χ1v) is 11.2. The molecule has 0 bridgehead atoms. The number of carbonyl (C=O) groups excluding carboxylic acids is 1. The molecular weight excluding hydrogens is 414 g/mol. The van der Waals surface area contributed by atoms with Gasteiger partial charge in [-0.05, 0) is 44.0 Å². The van der Waals surface area contributed by atoms with Crippen molar-refractivity contribution in [3.8, 4) is 5.69 Å². The van der Waals surface area contributed by atoms with E-state index in [1.54, 1.807) is 6.21 Å². The van der Waals surface area contributed by atoms with Crippen molar-refractivity contribution in [3.63, 3.8) is 0 Å². The highest BCUT2D eigenvalue weighted by atomic mass is 16.2. The lowest BCUT2D eigenvalue weighted by Crippen LogP contribution is -2.23. The third-order valence-corrected chi connectivity index (χ3v) is 6.07. The molecular formula is C25H27N7O. The SMILES string of the molecule is Cc1nn(-c2ccccc2)c(N2CCCC2)c1/C=N\NC(=O)Cc1nc2ccccc2n1C. The van der Waals surface area contributed by atoms with Gasteiger partial charge in [-0.15, -0.1) is 0 Å². The number of hydrogen-bond acceptors (Lipinski definition) is 5. The van der Waals surface area contributed by atoms with E-state index in [0.717, 1.165) is 59.7 Å². The van der Waals surface area contributed by atoms with Crippen LogP contribution in [0.15, 0.2) is 59.7 Å². The summed E-state index contributed by atoms with van der Waals surface area (Å²) in [6, 6.07) is 18.0. The van der Waals surface area contributed by atoms with Crippen LogP contribution in [0.25, 0.3) is 16.7 Å². The second-order valence-corrected chi connectivity index (χ2v) is 8.31. The smallest absolute Gasteiger partial charge is 0.247 e. The van der Waals surface area contributed by atoms with Crippen LogP contribution >= 0.6 is 0 Å². The number of benzene rings is 2. The molecule has 0 radical (unpaired) electrons. The molecule has 1 amide bonds. The number of nitrogens with zero attached hydrogens (tertiary/aromatic N) is 6. The zero-order valence-corrected chi connectivity index (χ0v) is 18.9. The average Bonchev–Trinajstić information content (AvgIpc) is 3.54. The Bertz CT molecular complexity index is 1310. The van der Waals surface area contributed by atoms with E-state index in [-0.39, 0.29) is 12.3 Å². The molecule has 1 aliphatic heterocycles. The molecule has 4 aromatic rings. The highest BCUT2D eigenvalue weighted by Gasteiger charge is 2.23. The molecule has 1 saturated heterocycles. The Kier molecular flexibility index (Phi) is 5.64. The number of rotatable bonds is 6. The van der Waals surface area contributed by atoms with Crippen molar-refractivity contribution in [1.82, 2.24) is 24.8 Å². The summed E-state index contributed by atoms with van der Waals surface area (Å²) in [5, 5.41) is 9.06. The van der Waals surface area contributed by atoms with Crippen LogP contribution in [0.4, 0.5) is 5.82 Å². The van der Waals surface area contributed by atoms with E-state index in [0.29, 0.717) is 5.82 Å². The number of hydrogen-bond donors (Lipinski definition) is 1. The van der Waals surface area contributed by atoms with Gasteiger partial charge >= 0.3 is 0 Å². The lowest BCUT2D eigenvalue weighted by Gasteiger charge is -2.20. The van der Waals surface area contributed by atoms with Crippen LogP contribution in [0.2, 0.25) is 0 Å². The quantitative estimate of drug-likeness (QED) is 0.368. The number of hydrazone groups is 1. The number of aryl methyl sites for hydroxylation is 2. The molecule has 8 heteroatoms. The Morgan fingerprint density at radius 3 is 2.58 bits per heavy atom. The Balaban J connectivity index is 1.37. The van der Waals surface area contributed by atoms with Gasteiger partial charge in [0.15, 0.2) is 0 Å². The number of nitrogens with one attached hydrogen (secondary N) is 1. The van der Waals surface area contributed by atoms with Crippen LogP contribution in [0.1, 0.15) is 29.9 Å². The number of anilines is 1. The van der Waals surface area contributed by atoms with E-state index in [1.165, 1.54) is 0 Å². The van der Waals surface area contributed by atoms with Crippen LogP contribution in [-0.4, -0.2) is 44.5 Å². The minimum atomic E-state index is -0.208. The van der Waals surface area contributed by atoms with E-state index in [9.17, 15) is 4.79 Å². The average molecular weight is 442 g/mol. The Hall–Kier alpha value is -3.94. The van der Waals surface area contributed by atoms with Crippen LogP contribution in [0.3, 0.4) is 0 Å². The Morgan fingerprint density at radius 2 is 1.82 bits per heavy atom. The van der Waals surface area contributed by atoms with Crippen LogP contribution < -0.4 is 10.3 Å². The number of para-hydroxylation sites is 3. The number of fused-ring (bicyclic) bond motifs is 1. The standard InChI is InChI=1S/C25H27N7O/c1-18-20(25(31-14-8-9-15-31)32(29-18)19-10-4-3-5-11-19)17-26-28-24(33)16-23-27-21-12-6-7-13-22(21)30(23)2/h3-7,10-13,17H,8-9,14-16H2,1-2H3,(H,28,33)/b26-17-. The first-order chi connectivity index (χ1) is 16.1. The molecule has 33 heavy (non-hydrogen) atoms. The van der Waals surface area contributed by atoms with Crippen LogP contribution in [0, 0.1) is 6.92 Å². The fraction of sp³-hybridized carbons (Fsp3) is 0.280. The largest absolute Gasteiger partial charge is 0.356 e. The van der Waals surface area contributed by atoms with Gasteiger partial charge in [0.2, 0.25) is 5.91 Å². The van der Waals surface area contributed by atoms with Crippen molar-refractivity contribution in [1.29, 1.82) is 0 Å². The van der Waals surface area contributed by atoms with E-state index < -0.39 is 0 Å². The monoisotopic (exact) mass is 441 g/mol. The molecule has 0 aliphatic carbocycles. The first-order valence-electron chi connectivity index (χ1n) is 11.2. The summed E-state index contributed by atoms with van der Waals surface area (Å²) in [6.07, 6.45) is 4.18. The van der Waals surface area contributed by atoms with Gasteiger partial charge in [-0.25, -0.2) is 15.1 Å². The molecule has 5 rings (SSSR count). The molecule has 2 aromatic carbocycles. The van der Waals surface area contributed by atoms with Crippen LogP contribution in [0.5, 0.6) is 0 Å². The molecule has 3 heterocycles. The number of imidazole rings is 1. The number of carbonyl (C=O) groups is 1. The molecule has 0 unspecified atom stereocenters. The van der Waals surface area contributed by atoms with Crippen molar-refractivity contribution in [3.05, 3.63) is 71.7 Å². The molecule has 1 N–H and O–H groups in total. The van der Waals surface area contributed by atoms with Gasteiger partial charge in [-0.1, -0.05) is 30.3 Å². The summed E-state index contributed by atoms with van der Waals surface area (Å²) in [7, 11) is 1.92. The van der Waals surface area contributed by atoms with E-state index in [4.69, 9.17) is 5.10 Å². The van der Waals surface area contributed by atoms with Gasteiger partial charge in [0.1, 0.15) is 11.6 Å². The lowest BCUT2D eigenvalue weighted by molar-refractivity contribution is -0.120. The highest BCUT2D eigenvalue weighted by molar-refractivity contribution is 5.90. The van der Waals surface area contributed by atoms with Crippen molar-refractivity contribution < 1.29 is 4.79 Å². The van der Waals surface area contributed by atoms with Gasteiger partial charge in [0, 0.05) is 20.1 Å². The molecule has 1 fully saturated rings. The Labute approximate surface area is 192 Å². The van der Waals surface area contributed by atoms with E-state index in [2.05, 4.69) is 20.4 Å². The molecule has 168 valence electrons. The summed E-state index contributed by atoms with van der Waals surface area (Å²) in [5.41, 5.74) is 7.35. The maximum absolute atomic E-state index is 12.6. The lowest BCUT2D eigenvalue weighted by atomic mass is 10.2. The van der Waals surface area contributed by atoms with E-state index >= 15 is 0 Å². The fourth-order valence-electron chi connectivity index (χ4n) is 4.37. The van der Waals surface area contributed by atoms with Crippen LogP contribution in [-0.2, 0) is 18.3 Å². The normalized spacial score (nSPS) is 13.9. The van der Waals surface area contributed by atoms with Gasteiger partial charge in [0.25, 0.3) is 0 Å². The second-order valence-electron chi connectivity index (χ2n) is 8.31. The summed E-state index contributed by atoms with van der Waals surface area (Å²) in [5.74, 6) is 1.51. The molecule has 0 saturated carbocycles. The molecule has 1 aliphatic rings. The molecule has 8 nitrogen and oxygen atoms in total. The van der Waals surface area contributed by atoms with Gasteiger partial charge in [0.05, 0.1) is 40.6 Å². The highest BCUT2D eigenvalue weighted by Crippen LogP contribution is 2.29. The third kappa shape index (κ3) is 4.11. The zero-order valence-electron chi connectivity index (χ0n) is 18.9. The first kappa shape index (κ1) is 20.9. The fourth-order valence-corrected chi connectivity index (χ4v) is 4.37. The maximum atomic E-state index is 12.6. The van der Waals surface area contributed by atoms with Gasteiger partial charge < -0.3 is 9.47 Å². The molecule has 0 spiro atoms. The minimum Gasteiger partial charge on any atom is -0.356 e. The number of amides is 1. The maximum Gasteiger partial charge on any atom is 0.247 e. The van der Waals surface area contributed by atoms with Crippen molar-refractivity contribution in [2.24, 2.45) is 12.1 Å². The predicted molar refractivity (Wildman–Crippen MR) is 130 cm³/mol. The van der Waals surface area contributed by atoms with E-state index in [1.807, 2.05) is 77.8 Å². The second kappa shape index (κ2) is 8.90. The third-order valence-electron chi connectivity index (χ3n) is 6.07. The number of aromatic nitrogens is 4. The summed E-state index contributed by atoms with van der Waals surface area (Å²) in [6.45, 7) is 3.94. The summed E-state index contributed by atoms with van der Waals surface area (Å²) in [4.78, 5) is 19.5. The Morgan fingerprint density at radius 1 is 1.09 bits per heavy atom. The summed E-state index contributed by atoms with van der Waals surface area (Å²) >= 11 is 0.